The van der Waals surface area contributed by atoms with Gasteiger partial charge in [0.25, 0.3) is 0 Å². The van der Waals surface area contributed by atoms with E-state index in [1.807, 2.05) is 65.8 Å². The zero-order valence-corrected chi connectivity index (χ0v) is 14.5. The van der Waals surface area contributed by atoms with E-state index in [2.05, 4.69) is 6.07 Å². The Kier molecular flexibility index (Phi) is 6.06. The van der Waals surface area contributed by atoms with Crippen molar-refractivity contribution < 1.29 is 19.4 Å². The minimum absolute atomic E-state index is 0.349. The molecule has 1 aromatic carbocycles. The molecule has 1 aromatic rings. The standard InChI is InChI=1S/C16H22BNO2.BO2/c1-14(2,11-18)12-8-7-9-13(10-12)17-19-15(3,4)16(5,6)20-17;2-1-3/h7-10H,1-6H3;/q;-2. The third-order valence-corrected chi connectivity index (χ3v) is 4.41. The predicted molar refractivity (Wildman–Crippen MR) is 86.6 cm³/mol. The minimum Gasteiger partial charge on any atom is -0.900 e. The molecule has 7 heteroatoms. The van der Waals surface area contributed by atoms with Crippen molar-refractivity contribution in [2.24, 2.45) is 0 Å². The van der Waals surface area contributed by atoms with Crippen molar-refractivity contribution in [1.29, 1.82) is 5.26 Å². The summed E-state index contributed by atoms with van der Waals surface area (Å²) in [6.45, 7) is 12.0. The Balaban J connectivity index is 0.000000816. The highest BCUT2D eigenvalue weighted by Crippen LogP contribution is 2.36. The zero-order valence-electron chi connectivity index (χ0n) is 14.5. The molecule has 0 saturated carbocycles. The Labute approximate surface area is 139 Å². The fourth-order valence-corrected chi connectivity index (χ4v) is 2.12. The molecule has 0 N–H and O–H groups in total. The fourth-order valence-electron chi connectivity index (χ4n) is 2.12. The number of hydrogen-bond donors (Lipinski definition) is 0. The lowest BCUT2D eigenvalue weighted by Crippen LogP contribution is -2.41. The molecule has 2 rings (SSSR count). The van der Waals surface area contributed by atoms with Gasteiger partial charge in [0, 0.05) is 0 Å². The van der Waals surface area contributed by atoms with Gasteiger partial charge < -0.3 is 19.4 Å². The maximum Gasteiger partial charge on any atom is 0.494 e. The molecule has 1 aliphatic heterocycles. The van der Waals surface area contributed by atoms with Crippen molar-refractivity contribution in [2.45, 2.75) is 58.2 Å². The van der Waals surface area contributed by atoms with Crippen molar-refractivity contribution >= 4 is 20.3 Å². The summed E-state index contributed by atoms with van der Waals surface area (Å²) in [6.07, 6.45) is 0. The van der Waals surface area contributed by atoms with E-state index in [9.17, 15) is 5.26 Å². The molecule has 0 bridgehead atoms. The summed E-state index contributed by atoms with van der Waals surface area (Å²) in [5.74, 6) is 0. The first kappa shape index (κ1) is 19.7. The van der Waals surface area contributed by atoms with Crippen LogP contribution in [-0.4, -0.2) is 26.0 Å². The van der Waals surface area contributed by atoms with E-state index < -0.39 is 13.1 Å². The van der Waals surface area contributed by atoms with Gasteiger partial charge in [0.05, 0.1) is 22.7 Å². The van der Waals surface area contributed by atoms with Crippen LogP contribution in [0.2, 0.25) is 0 Å². The monoisotopic (exact) mass is 314 g/mol. The van der Waals surface area contributed by atoms with Gasteiger partial charge in [0.1, 0.15) is 0 Å². The van der Waals surface area contributed by atoms with Gasteiger partial charge in [-0.15, -0.1) is 0 Å². The quantitative estimate of drug-likeness (QED) is 0.719. The second-order valence-electron chi connectivity index (χ2n) is 7.05. The van der Waals surface area contributed by atoms with Crippen molar-refractivity contribution in [1.82, 2.24) is 0 Å². The third-order valence-electron chi connectivity index (χ3n) is 4.41. The van der Waals surface area contributed by atoms with Crippen LogP contribution < -0.4 is 15.5 Å². The van der Waals surface area contributed by atoms with Gasteiger partial charge in [0.15, 0.2) is 0 Å². The summed E-state index contributed by atoms with van der Waals surface area (Å²) < 4.78 is 12.1. The first-order chi connectivity index (χ1) is 10.5. The Morgan fingerprint density at radius 1 is 1.13 bits per heavy atom. The molecular weight excluding hydrogens is 292 g/mol. The highest BCUT2D eigenvalue weighted by Gasteiger charge is 2.51. The van der Waals surface area contributed by atoms with Crippen molar-refractivity contribution in [3.05, 3.63) is 29.8 Å². The molecule has 1 heterocycles. The van der Waals surface area contributed by atoms with Gasteiger partial charge >= 0.3 is 7.12 Å². The molecule has 123 valence electrons. The zero-order chi connectivity index (χ0) is 17.9. The summed E-state index contributed by atoms with van der Waals surface area (Å²) in [5.41, 5.74) is 0.730. The topological polar surface area (TPSA) is 88.4 Å². The molecule has 1 saturated heterocycles. The van der Waals surface area contributed by atoms with E-state index in [0.29, 0.717) is 0 Å². The van der Waals surface area contributed by atoms with E-state index in [-0.39, 0.29) is 18.3 Å². The highest BCUT2D eigenvalue weighted by molar-refractivity contribution is 6.62. The van der Waals surface area contributed by atoms with E-state index in [4.69, 9.17) is 19.4 Å². The molecule has 5 nitrogen and oxygen atoms in total. The predicted octanol–water partition coefficient (Wildman–Crippen LogP) is 0.0282. The molecule has 0 spiro atoms. The first-order valence-electron chi connectivity index (χ1n) is 7.43. The van der Waals surface area contributed by atoms with Crippen LogP contribution in [0.25, 0.3) is 0 Å². The van der Waals surface area contributed by atoms with Crippen LogP contribution in [0.1, 0.15) is 47.1 Å². The fraction of sp³-hybridized carbons (Fsp3) is 0.562. The third kappa shape index (κ3) is 4.36. The number of hydrogen-bond acceptors (Lipinski definition) is 5. The van der Waals surface area contributed by atoms with Gasteiger partial charge in [-0.3, -0.25) is 0 Å². The van der Waals surface area contributed by atoms with Gasteiger partial charge in [-0.05, 0) is 52.6 Å². The van der Waals surface area contributed by atoms with E-state index >= 15 is 0 Å². The lowest BCUT2D eigenvalue weighted by molar-refractivity contribution is -0.328. The maximum atomic E-state index is 9.26. The number of nitriles is 1. The summed E-state index contributed by atoms with van der Waals surface area (Å²) >= 11 is 0. The Bertz CT molecular complexity index is 566. The molecule has 1 radical (unpaired) electrons. The first-order valence-corrected chi connectivity index (χ1v) is 7.43. The van der Waals surface area contributed by atoms with Crippen LogP contribution in [-0.2, 0) is 14.7 Å². The van der Waals surface area contributed by atoms with Crippen LogP contribution in [0, 0.1) is 11.3 Å². The molecule has 0 unspecified atom stereocenters. The summed E-state index contributed by atoms with van der Waals surface area (Å²) in [5, 5.41) is 25.8. The smallest absolute Gasteiger partial charge is 0.494 e. The Hall–Kier alpha value is -1.32. The van der Waals surface area contributed by atoms with E-state index in [1.165, 1.54) is 0 Å². The van der Waals surface area contributed by atoms with Gasteiger partial charge in [-0.1, -0.05) is 24.3 Å². The molecule has 23 heavy (non-hydrogen) atoms. The molecule has 0 aliphatic carbocycles. The number of rotatable bonds is 2. The Morgan fingerprint density at radius 2 is 1.61 bits per heavy atom. The molecule has 1 aliphatic rings. The lowest BCUT2D eigenvalue weighted by Gasteiger charge is -2.32. The molecular formula is C16H22B2NO4-2. The largest absolute Gasteiger partial charge is 0.900 e. The summed E-state index contributed by atoms with van der Waals surface area (Å²) in [7, 11) is -0.880. The van der Waals surface area contributed by atoms with Crippen molar-refractivity contribution in [3.63, 3.8) is 0 Å². The average Bonchev–Trinajstić information content (AvgIpc) is 2.68. The highest BCUT2D eigenvalue weighted by atomic mass is 16.7. The van der Waals surface area contributed by atoms with Crippen LogP contribution in [0.5, 0.6) is 0 Å². The number of nitrogens with zero attached hydrogens (tertiary/aromatic N) is 1. The van der Waals surface area contributed by atoms with Gasteiger partial charge in [-0.25, -0.2) is 7.69 Å². The molecule has 0 amide bonds. The second-order valence-corrected chi connectivity index (χ2v) is 7.05. The van der Waals surface area contributed by atoms with Gasteiger partial charge in [-0.2, -0.15) is 5.26 Å². The second kappa shape index (κ2) is 7.06. The minimum atomic E-state index is -0.514. The van der Waals surface area contributed by atoms with Crippen LogP contribution in [0.4, 0.5) is 0 Å². The summed E-state index contributed by atoms with van der Waals surface area (Å²) in [4.78, 5) is 0. The van der Waals surface area contributed by atoms with Crippen LogP contribution >= 0.6 is 0 Å². The normalized spacial score (nSPS) is 18.7. The van der Waals surface area contributed by atoms with Crippen molar-refractivity contribution in [3.8, 4) is 6.07 Å². The molecule has 0 aromatic heterocycles. The maximum absolute atomic E-state index is 9.26. The average molecular weight is 314 g/mol. The summed E-state index contributed by atoms with van der Waals surface area (Å²) in [6, 6.07) is 10.2. The van der Waals surface area contributed by atoms with Gasteiger partial charge in [0.2, 0.25) is 0 Å². The number of benzene rings is 1. The van der Waals surface area contributed by atoms with Crippen LogP contribution in [0.15, 0.2) is 24.3 Å². The SMILES string of the molecule is CC(C)(C#N)c1cccc(B2OC(C)(C)C(C)(C)O2)c1.[O-][B][O-]. The lowest BCUT2D eigenvalue weighted by atomic mass is 9.75. The van der Waals surface area contributed by atoms with E-state index in [0.717, 1.165) is 11.0 Å². The Morgan fingerprint density at radius 3 is 2.04 bits per heavy atom. The van der Waals surface area contributed by atoms with E-state index in [1.54, 1.807) is 0 Å². The van der Waals surface area contributed by atoms with Crippen LogP contribution in [0.3, 0.4) is 0 Å². The molecule has 0 atom stereocenters. The molecule has 1 fully saturated rings. The van der Waals surface area contributed by atoms with Crippen molar-refractivity contribution in [2.75, 3.05) is 0 Å².